The van der Waals surface area contributed by atoms with Gasteiger partial charge in [0.25, 0.3) is 0 Å². The summed E-state index contributed by atoms with van der Waals surface area (Å²) in [7, 11) is 2.25. The number of rotatable bonds is 4. The lowest BCUT2D eigenvalue weighted by molar-refractivity contribution is -0.122. The summed E-state index contributed by atoms with van der Waals surface area (Å²) in [6.07, 6.45) is 10.2. The quantitative estimate of drug-likeness (QED) is 0.818. The topological polar surface area (TPSA) is 38.5 Å². The Morgan fingerprint density at radius 1 is 1.29 bits per heavy atom. The number of hydrogen-bond donors (Lipinski definition) is 1. The van der Waals surface area contributed by atoms with Gasteiger partial charge in [0.05, 0.1) is 5.60 Å². The van der Waals surface area contributed by atoms with E-state index in [0.29, 0.717) is 6.04 Å². The van der Waals surface area contributed by atoms with Crippen molar-refractivity contribution in [3.05, 3.63) is 0 Å². The molecule has 2 N–H and O–H groups in total. The van der Waals surface area contributed by atoms with Crippen LogP contribution < -0.4 is 5.73 Å². The third-order valence-electron chi connectivity index (χ3n) is 4.57. The van der Waals surface area contributed by atoms with Gasteiger partial charge in [-0.3, -0.25) is 0 Å². The summed E-state index contributed by atoms with van der Waals surface area (Å²) in [6, 6.07) is 0.716. The zero-order chi connectivity index (χ0) is 12.1. The summed E-state index contributed by atoms with van der Waals surface area (Å²) < 4.78 is 6.14. The van der Waals surface area contributed by atoms with Crippen LogP contribution in [0.15, 0.2) is 0 Å². The average molecular weight is 240 g/mol. The Labute approximate surface area is 106 Å². The summed E-state index contributed by atoms with van der Waals surface area (Å²) in [4.78, 5) is 2.51. The third-order valence-corrected chi connectivity index (χ3v) is 4.57. The van der Waals surface area contributed by atoms with E-state index in [1.807, 2.05) is 0 Å². The fourth-order valence-corrected chi connectivity index (χ4v) is 3.45. The summed E-state index contributed by atoms with van der Waals surface area (Å²) in [6.45, 7) is 2.90. The van der Waals surface area contributed by atoms with Crippen LogP contribution in [0.25, 0.3) is 0 Å². The molecule has 0 radical (unpaired) electrons. The van der Waals surface area contributed by atoms with Crippen molar-refractivity contribution < 1.29 is 4.74 Å². The van der Waals surface area contributed by atoms with Gasteiger partial charge in [-0.15, -0.1) is 0 Å². The molecule has 0 aromatic heterocycles. The number of hydrogen-bond acceptors (Lipinski definition) is 3. The summed E-state index contributed by atoms with van der Waals surface area (Å²) in [5, 5.41) is 0. The van der Waals surface area contributed by atoms with E-state index in [9.17, 15) is 0 Å². The second kappa shape index (κ2) is 6.17. The Kier molecular flexibility index (Phi) is 4.83. The molecule has 0 bridgehead atoms. The molecule has 1 aliphatic heterocycles. The van der Waals surface area contributed by atoms with Crippen molar-refractivity contribution in [2.24, 2.45) is 5.73 Å². The highest BCUT2D eigenvalue weighted by atomic mass is 16.5. The van der Waals surface area contributed by atoms with Crippen molar-refractivity contribution >= 4 is 0 Å². The zero-order valence-corrected chi connectivity index (χ0v) is 11.3. The lowest BCUT2D eigenvalue weighted by Gasteiger charge is -2.46. The second-order valence-corrected chi connectivity index (χ2v) is 5.86. The minimum atomic E-state index is 0.234. The van der Waals surface area contributed by atoms with Gasteiger partial charge < -0.3 is 15.4 Å². The van der Waals surface area contributed by atoms with Gasteiger partial charge in [-0.2, -0.15) is 0 Å². The number of ether oxygens (including phenoxy) is 1. The highest BCUT2D eigenvalue weighted by Crippen LogP contribution is 2.39. The standard InChI is InChI=1S/C14H28N2O/c1-16(10-5-9-15)13-6-11-17-14(12-13)7-3-2-4-8-14/h13H,2-12,15H2,1H3. The molecule has 2 rings (SSSR count). The molecule has 0 aromatic carbocycles. The first-order valence-electron chi connectivity index (χ1n) is 7.30. The lowest BCUT2D eigenvalue weighted by Crippen LogP contribution is -2.48. The van der Waals surface area contributed by atoms with Crippen molar-refractivity contribution in [3.8, 4) is 0 Å². The van der Waals surface area contributed by atoms with Gasteiger partial charge >= 0.3 is 0 Å². The van der Waals surface area contributed by atoms with E-state index in [4.69, 9.17) is 10.5 Å². The molecular formula is C14H28N2O. The first-order chi connectivity index (χ1) is 8.26. The zero-order valence-electron chi connectivity index (χ0n) is 11.3. The summed E-state index contributed by atoms with van der Waals surface area (Å²) in [5.74, 6) is 0. The fraction of sp³-hybridized carbons (Fsp3) is 1.00. The lowest BCUT2D eigenvalue weighted by atomic mass is 9.78. The predicted octanol–water partition coefficient (Wildman–Crippen LogP) is 2.15. The van der Waals surface area contributed by atoms with Crippen LogP contribution in [-0.2, 0) is 4.74 Å². The Balaban J connectivity index is 1.87. The first kappa shape index (κ1) is 13.3. The van der Waals surface area contributed by atoms with Crippen LogP contribution in [0.3, 0.4) is 0 Å². The predicted molar refractivity (Wildman–Crippen MR) is 71.1 cm³/mol. The van der Waals surface area contributed by atoms with Gasteiger partial charge in [0.1, 0.15) is 0 Å². The molecule has 1 spiro atoms. The maximum atomic E-state index is 6.14. The van der Waals surface area contributed by atoms with Crippen LogP contribution in [0.4, 0.5) is 0 Å². The molecule has 3 heteroatoms. The highest BCUT2D eigenvalue weighted by Gasteiger charge is 2.39. The van der Waals surface area contributed by atoms with Crippen molar-refractivity contribution in [3.63, 3.8) is 0 Å². The fourth-order valence-electron chi connectivity index (χ4n) is 3.45. The maximum Gasteiger partial charge on any atom is 0.0697 e. The van der Waals surface area contributed by atoms with Gasteiger partial charge in [0.2, 0.25) is 0 Å². The Hall–Kier alpha value is -0.120. The number of nitrogens with two attached hydrogens (primary N) is 1. The van der Waals surface area contributed by atoms with Crippen LogP contribution in [0.5, 0.6) is 0 Å². The normalized spacial score (nSPS) is 28.8. The monoisotopic (exact) mass is 240 g/mol. The van der Waals surface area contributed by atoms with E-state index in [1.54, 1.807) is 0 Å². The molecule has 1 saturated heterocycles. The van der Waals surface area contributed by atoms with E-state index in [1.165, 1.54) is 44.9 Å². The van der Waals surface area contributed by atoms with Crippen molar-refractivity contribution in [1.82, 2.24) is 4.90 Å². The molecule has 100 valence electrons. The minimum absolute atomic E-state index is 0.234. The molecule has 1 aliphatic carbocycles. The molecule has 2 aliphatic rings. The highest BCUT2D eigenvalue weighted by molar-refractivity contribution is 4.92. The van der Waals surface area contributed by atoms with Crippen LogP contribution in [0.2, 0.25) is 0 Å². The molecular weight excluding hydrogens is 212 g/mol. The molecule has 0 aromatic rings. The largest absolute Gasteiger partial charge is 0.375 e. The third kappa shape index (κ3) is 3.43. The molecule has 1 saturated carbocycles. The molecule has 1 heterocycles. The van der Waals surface area contributed by atoms with E-state index in [0.717, 1.165) is 26.1 Å². The number of nitrogens with zero attached hydrogens (tertiary/aromatic N) is 1. The van der Waals surface area contributed by atoms with Gasteiger partial charge in [0.15, 0.2) is 0 Å². The van der Waals surface area contributed by atoms with Crippen LogP contribution in [0, 0.1) is 0 Å². The molecule has 3 nitrogen and oxygen atoms in total. The maximum absolute atomic E-state index is 6.14. The SMILES string of the molecule is CN(CCCN)C1CCOC2(CCCCC2)C1. The van der Waals surface area contributed by atoms with Gasteiger partial charge in [-0.05, 0) is 52.2 Å². The van der Waals surface area contributed by atoms with Crippen LogP contribution >= 0.6 is 0 Å². The van der Waals surface area contributed by atoms with Gasteiger partial charge in [-0.25, -0.2) is 0 Å². The van der Waals surface area contributed by atoms with Crippen molar-refractivity contribution in [2.45, 2.75) is 63.0 Å². The van der Waals surface area contributed by atoms with Gasteiger partial charge in [-0.1, -0.05) is 19.3 Å². The minimum Gasteiger partial charge on any atom is -0.375 e. The molecule has 17 heavy (non-hydrogen) atoms. The summed E-state index contributed by atoms with van der Waals surface area (Å²) in [5.41, 5.74) is 5.83. The first-order valence-corrected chi connectivity index (χ1v) is 7.30. The Bertz CT molecular complexity index is 221. The second-order valence-electron chi connectivity index (χ2n) is 5.86. The Morgan fingerprint density at radius 2 is 2.06 bits per heavy atom. The van der Waals surface area contributed by atoms with E-state index in [-0.39, 0.29) is 5.60 Å². The molecule has 1 unspecified atom stereocenters. The smallest absolute Gasteiger partial charge is 0.0697 e. The van der Waals surface area contributed by atoms with E-state index in [2.05, 4.69) is 11.9 Å². The van der Waals surface area contributed by atoms with E-state index < -0.39 is 0 Å². The van der Waals surface area contributed by atoms with Crippen LogP contribution in [-0.4, -0.2) is 43.3 Å². The van der Waals surface area contributed by atoms with E-state index >= 15 is 0 Å². The molecule has 1 atom stereocenters. The average Bonchev–Trinajstić information content (AvgIpc) is 2.37. The van der Waals surface area contributed by atoms with Crippen molar-refractivity contribution in [1.29, 1.82) is 0 Å². The summed E-state index contributed by atoms with van der Waals surface area (Å²) >= 11 is 0. The van der Waals surface area contributed by atoms with Crippen molar-refractivity contribution in [2.75, 3.05) is 26.7 Å². The molecule has 2 fully saturated rings. The van der Waals surface area contributed by atoms with Gasteiger partial charge in [0, 0.05) is 12.6 Å². The molecule has 0 amide bonds. The van der Waals surface area contributed by atoms with Crippen LogP contribution in [0.1, 0.15) is 51.4 Å². The Morgan fingerprint density at radius 3 is 2.76 bits per heavy atom.